The van der Waals surface area contributed by atoms with E-state index in [1.54, 1.807) is 0 Å². The van der Waals surface area contributed by atoms with Gasteiger partial charge in [-0.25, -0.2) is 0 Å². The molecule has 0 bridgehead atoms. The molecule has 1 heterocycles. The van der Waals surface area contributed by atoms with Crippen LogP contribution in [0.3, 0.4) is 0 Å². The van der Waals surface area contributed by atoms with Crippen molar-refractivity contribution in [1.82, 2.24) is 0 Å². The molecule has 60 valence electrons. The lowest BCUT2D eigenvalue weighted by Gasteiger charge is -2.35. The first-order valence-corrected chi connectivity index (χ1v) is 4.16. The third kappa shape index (κ3) is 0.968. The van der Waals surface area contributed by atoms with Crippen LogP contribution >= 0.6 is 0 Å². The molecule has 0 aromatic heterocycles. The fraction of sp³-hybridized carbons (Fsp3) is 1.00. The summed E-state index contributed by atoms with van der Waals surface area (Å²) in [7, 11) is 0. The van der Waals surface area contributed by atoms with Gasteiger partial charge in [-0.2, -0.15) is 0 Å². The van der Waals surface area contributed by atoms with E-state index in [0.717, 1.165) is 6.61 Å². The Hall–Kier alpha value is -0.0400. The third-order valence-corrected chi connectivity index (χ3v) is 3.35. The summed E-state index contributed by atoms with van der Waals surface area (Å²) in [5.41, 5.74) is 0.509. The van der Waals surface area contributed by atoms with Gasteiger partial charge in [0.25, 0.3) is 0 Å². The zero-order chi connectivity index (χ0) is 7.83. The molecule has 1 unspecified atom stereocenters. The van der Waals surface area contributed by atoms with E-state index in [1.165, 1.54) is 12.8 Å². The van der Waals surface area contributed by atoms with Crippen molar-refractivity contribution in [2.75, 3.05) is 6.61 Å². The van der Waals surface area contributed by atoms with Crippen LogP contribution in [0.2, 0.25) is 0 Å². The van der Waals surface area contributed by atoms with Crippen molar-refractivity contribution >= 4 is 0 Å². The van der Waals surface area contributed by atoms with E-state index in [-0.39, 0.29) is 5.60 Å². The van der Waals surface area contributed by atoms with Crippen molar-refractivity contribution in [3.05, 3.63) is 0 Å². The minimum absolute atomic E-state index is 0.0990. The fourth-order valence-corrected chi connectivity index (χ4v) is 1.61. The Morgan fingerprint density at radius 1 is 1.30 bits per heavy atom. The predicted molar refractivity (Wildman–Crippen MR) is 43.0 cm³/mol. The number of hydrogen-bond acceptors (Lipinski definition) is 1. The van der Waals surface area contributed by atoms with Gasteiger partial charge in [-0.1, -0.05) is 13.8 Å². The Morgan fingerprint density at radius 2 is 1.90 bits per heavy atom. The smallest absolute Gasteiger partial charge is 0.0680 e. The van der Waals surface area contributed by atoms with Crippen LogP contribution in [0, 0.1) is 5.41 Å². The second-order valence-electron chi connectivity index (χ2n) is 4.02. The van der Waals surface area contributed by atoms with E-state index in [4.69, 9.17) is 4.74 Å². The van der Waals surface area contributed by atoms with Crippen LogP contribution < -0.4 is 0 Å². The summed E-state index contributed by atoms with van der Waals surface area (Å²) in [5.74, 6) is 0. The minimum atomic E-state index is 0.0990. The number of rotatable bonds is 1. The molecule has 10 heavy (non-hydrogen) atoms. The molecule has 1 atom stereocenters. The molecule has 1 nitrogen and oxygen atoms in total. The van der Waals surface area contributed by atoms with Crippen LogP contribution in [0.25, 0.3) is 0 Å². The SMILES string of the molecule is CCC1(C)CCOC1(C)C. The zero-order valence-electron chi connectivity index (χ0n) is 7.53. The Morgan fingerprint density at radius 3 is 2.10 bits per heavy atom. The van der Waals surface area contributed by atoms with Crippen LogP contribution in [-0.2, 0) is 4.74 Å². The van der Waals surface area contributed by atoms with Crippen molar-refractivity contribution in [3.8, 4) is 0 Å². The van der Waals surface area contributed by atoms with Crippen molar-refractivity contribution in [1.29, 1.82) is 0 Å². The highest BCUT2D eigenvalue weighted by molar-refractivity contribution is 4.94. The maximum atomic E-state index is 5.65. The van der Waals surface area contributed by atoms with E-state index in [2.05, 4.69) is 27.7 Å². The zero-order valence-corrected chi connectivity index (χ0v) is 7.53. The highest BCUT2D eigenvalue weighted by Gasteiger charge is 2.44. The molecule has 1 saturated heterocycles. The Labute approximate surface area is 63.8 Å². The lowest BCUT2D eigenvalue weighted by molar-refractivity contribution is -0.0270. The summed E-state index contributed by atoms with van der Waals surface area (Å²) in [6, 6.07) is 0. The van der Waals surface area contributed by atoms with Crippen LogP contribution in [0.1, 0.15) is 40.5 Å². The molecular formula is C9H18O. The molecule has 1 aliphatic rings. The average Bonchev–Trinajstić information content (AvgIpc) is 2.10. The first-order valence-electron chi connectivity index (χ1n) is 4.16. The van der Waals surface area contributed by atoms with Crippen LogP contribution in [-0.4, -0.2) is 12.2 Å². The molecule has 0 N–H and O–H groups in total. The highest BCUT2D eigenvalue weighted by Crippen LogP contribution is 2.45. The summed E-state index contributed by atoms with van der Waals surface area (Å²) in [5, 5.41) is 0. The molecule has 0 aliphatic carbocycles. The van der Waals surface area contributed by atoms with Gasteiger partial charge < -0.3 is 4.74 Å². The lowest BCUT2D eigenvalue weighted by atomic mass is 9.73. The molecule has 1 heteroatoms. The van der Waals surface area contributed by atoms with E-state index in [9.17, 15) is 0 Å². The Kier molecular flexibility index (Phi) is 1.80. The topological polar surface area (TPSA) is 9.23 Å². The van der Waals surface area contributed by atoms with Gasteiger partial charge in [0.05, 0.1) is 5.60 Å². The van der Waals surface area contributed by atoms with Crippen molar-refractivity contribution in [2.45, 2.75) is 46.1 Å². The van der Waals surface area contributed by atoms with Gasteiger partial charge in [0, 0.05) is 6.61 Å². The Bertz CT molecular complexity index is 129. The van der Waals surface area contributed by atoms with E-state index in [1.807, 2.05) is 0 Å². The third-order valence-electron chi connectivity index (χ3n) is 3.35. The van der Waals surface area contributed by atoms with Gasteiger partial charge in [0.15, 0.2) is 0 Å². The summed E-state index contributed by atoms with van der Waals surface area (Å²) in [6.07, 6.45) is 2.44. The van der Waals surface area contributed by atoms with Crippen molar-refractivity contribution < 1.29 is 4.74 Å². The monoisotopic (exact) mass is 142 g/mol. The van der Waals surface area contributed by atoms with Gasteiger partial charge in [0.1, 0.15) is 0 Å². The summed E-state index contributed by atoms with van der Waals surface area (Å²) < 4.78 is 5.65. The fourth-order valence-electron chi connectivity index (χ4n) is 1.61. The van der Waals surface area contributed by atoms with Gasteiger partial charge in [-0.15, -0.1) is 0 Å². The minimum Gasteiger partial charge on any atom is -0.375 e. The van der Waals surface area contributed by atoms with Gasteiger partial charge in [0.2, 0.25) is 0 Å². The summed E-state index contributed by atoms with van der Waals surface area (Å²) in [6.45, 7) is 9.90. The standard InChI is InChI=1S/C9H18O/c1-5-9(4)6-7-10-8(9,2)3/h5-7H2,1-4H3. The van der Waals surface area contributed by atoms with Crippen LogP contribution in [0.5, 0.6) is 0 Å². The predicted octanol–water partition coefficient (Wildman–Crippen LogP) is 2.60. The van der Waals surface area contributed by atoms with Crippen molar-refractivity contribution in [3.63, 3.8) is 0 Å². The van der Waals surface area contributed by atoms with Crippen molar-refractivity contribution in [2.24, 2.45) is 5.41 Å². The van der Waals surface area contributed by atoms with Gasteiger partial charge in [-0.05, 0) is 32.1 Å². The van der Waals surface area contributed by atoms with Crippen LogP contribution in [0.15, 0.2) is 0 Å². The van der Waals surface area contributed by atoms with Gasteiger partial charge >= 0.3 is 0 Å². The largest absolute Gasteiger partial charge is 0.375 e. The first kappa shape index (κ1) is 8.06. The average molecular weight is 142 g/mol. The molecule has 0 aromatic carbocycles. The molecule has 0 aromatic rings. The lowest BCUT2D eigenvalue weighted by Crippen LogP contribution is -2.36. The number of ether oxygens (including phenoxy) is 1. The molecule has 0 spiro atoms. The molecule has 0 radical (unpaired) electrons. The quantitative estimate of drug-likeness (QED) is 0.547. The maximum absolute atomic E-state index is 5.65. The number of hydrogen-bond donors (Lipinski definition) is 0. The molecule has 1 aliphatic heterocycles. The van der Waals surface area contributed by atoms with E-state index >= 15 is 0 Å². The normalized spacial score (nSPS) is 38.4. The first-order chi connectivity index (χ1) is 4.52. The highest BCUT2D eigenvalue weighted by atomic mass is 16.5. The molecular weight excluding hydrogens is 124 g/mol. The van der Waals surface area contributed by atoms with Crippen LogP contribution in [0.4, 0.5) is 0 Å². The second-order valence-corrected chi connectivity index (χ2v) is 4.02. The van der Waals surface area contributed by atoms with E-state index in [0.29, 0.717) is 5.41 Å². The molecule has 0 saturated carbocycles. The molecule has 1 rings (SSSR count). The summed E-state index contributed by atoms with van der Waals surface area (Å²) in [4.78, 5) is 0. The summed E-state index contributed by atoms with van der Waals surface area (Å²) >= 11 is 0. The van der Waals surface area contributed by atoms with Gasteiger partial charge in [-0.3, -0.25) is 0 Å². The molecule has 1 fully saturated rings. The maximum Gasteiger partial charge on any atom is 0.0680 e. The van der Waals surface area contributed by atoms with E-state index < -0.39 is 0 Å². The molecule has 0 amide bonds. The Balaban J connectivity index is 2.76. The second kappa shape index (κ2) is 2.23.